The topological polar surface area (TPSA) is 124 Å². The van der Waals surface area contributed by atoms with Crippen LogP contribution in [0.4, 0.5) is 5.13 Å². The average molecular weight is 1160 g/mol. The second kappa shape index (κ2) is 24.4. The first-order valence-electron chi connectivity index (χ1n) is 28.0. The van der Waals surface area contributed by atoms with Gasteiger partial charge in [0.25, 0.3) is 11.8 Å². The van der Waals surface area contributed by atoms with Crippen LogP contribution in [-0.2, 0) is 39.8 Å². The van der Waals surface area contributed by atoms with Crippen LogP contribution in [0.25, 0.3) is 0 Å². The van der Waals surface area contributed by atoms with Crippen molar-refractivity contribution in [3.8, 4) is 0 Å². The van der Waals surface area contributed by atoms with Gasteiger partial charge in [-0.25, -0.2) is 4.98 Å². The number of amides is 2. The van der Waals surface area contributed by atoms with Crippen LogP contribution >= 0.6 is 35.3 Å². The summed E-state index contributed by atoms with van der Waals surface area (Å²) in [6.07, 6.45) is -0.512. The van der Waals surface area contributed by atoms with Crippen molar-refractivity contribution < 1.29 is 28.6 Å². The number of nitrogens with one attached hydrogen (secondary N) is 2. The molecule has 0 saturated carbocycles. The lowest BCUT2D eigenvalue weighted by Gasteiger charge is -2.53. The fraction of sp³-hybridized carbons (Fsp3) is 0.186. The van der Waals surface area contributed by atoms with E-state index < -0.39 is 46.5 Å². The molecule has 3 aliphatic heterocycles. The van der Waals surface area contributed by atoms with E-state index in [0.717, 1.165) is 50.1 Å². The van der Waals surface area contributed by atoms with E-state index in [1.54, 1.807) is 22.0 Å². The van der Waals surface area contributed by atoms with Crippen LogP contribution in [0.2, 0.25) is 0 Å². The number of benzene rings is 8. The highest BCUT2D eigenvalue weighted by Crippen LogP contribution is 2.49. The molecule has 4 atom stereocenters. The number of fused-ring (bicyclic) bond motifs is 1. The summed E-state index contributed by atoms with van der Waals surface area (Å²) < 4.78 is 19.6. The molecule has 3 aliphatic rings. The van der Waals surface area contributed by atoms with Crippen molar-refractivity contribution in [1.82, 2.24) is 15.2 Å². The summed E-state index contributed by atoms with van der Waals surface area (Å²) in [5, 5.41) is 13.6. The third-order valence-electron chi connectivity index (χ3n) is 15.5. The van der Waals surface area contributed by atoms with E-state index in [1.165, 1.54) is 11.3 Å². The number of hydrogen-bond donors (Lipinski definition) is 2. The van der Waals surface area contributed by atoms with Crippen LogP contribution in [0.1, 0.15) is 83.5 Å². The van der Waals surface area contributed by atoms with Gasteiger partial charge in [-0.05, 0) is 60.8 Å². The van der Waals surface area contributed by atoms with Gasteiger partial charge in [0.15, 0.2) is 16.6 Å². The Morgan fingerprint density at radius 2 is 1.12 bits per heavy atom. The monoisotopic (exact) mass is 1160 g/mol. The lowest BCUT2D eigenvalue weighted by atomic mass is 9.77. The second-order valence-electron chi connectivity index (χ2n) is 21.2. The number of thiazole rings is 1. The fourth-order valence-electron chi connectivity index (χ4n) is 11.6. The minimum Gasteiger partial charge on any atom is -0.469 e. The van der Waals surface area contributed by atoms with Gasteiger partial charge in [0, 0.05) is 39.3 Å². The van der Waals surface area contributed by atoms with Crippen molar-refractivity contribution in [2.75, 3.05) is 11.9 Å². The summed E-state index contributed by atoms with van der Waals surface area (Å²) in [5.41, 5.74) is 6.10. The van der Waals surface area contributed by atoms with E-state index in [-0.39, 0.29) is 27.6 Å². The summed E-state index contributed by atoms with van der Waals surface area (Å²) in [5.74, 6) is -1.94. The fourth-order valence-corrected chi connectivity index (χ4v) is 14.2. The van der Waals surface area contributed by atoms with E-state index in [9.17, 15) is 0 Å². The average Bonchev–Trinajstić information content (AvgIpc) is 2.22. The van der Waals surface area contributed by atoms with Gasteiger partial charge in [-0.15, -0.1) is 23.1 Å². The molecule has 12 rings (SSSR count). The standard InChI is InChI=1S/C70H61N5O6S3/c1-47-58(57-44-45-78-68(2,3)80-57)61(66(82)79-62(48-28-12-4-13-29-48)49-30-14-5-15-31-49)75-64(77)60(65(75)84-47)72-63(76)59(74-81-70(53-38-22-9-23-39-53,54-40-24-10-25-41-54)55-42-26-11-27-43-55)56-46-83-67(71-56)73-69(50-32-16-6-17-33-50,51-34-18-7-19-35-51)52-36-20-8-21-37-52/h4-43,46-47,57,60,62,65H,44-45H2,1-3H3,(H,71,73)(H,72,76)/b74-59-/t47?,57?,60?,65-/m1/s1. The van der Waals surface area contributed by atoms with Gasteiger partial charge in [0.1, 0.15) is 34.4 Å². The van der Waals surface area contributed by atoms with Gasteiger partial charge in [-0.1, -0.05) is 248 Å². The maximum absolute atomic E-state index is 15.7. The van der Waals surface area contributed by atoms with Gasteiger partial charge < -0.3 is 29.7 Å². The molecule has 8 aromatic carbocycles. The minimum absolute atomic E-state index is 0.140. The van der Waals surface area contributed by atoms with E-state index in [0.29, 0.717) is 23.9 Å². The third-order valence-corrected chi connectivity index (χ3v) is 18.0. The molecule has 11 nitrogen and oxygen atoms in total. The SMILES string of the molecule is CC1S[C@@H]2C(NC(=O)/C(=N\OC(c3ccccc3)(c3ccccc3)c3ccccc3)c3csc(NC(c4ccccc4)(c4ccccc4)c4ccccc4)n3)C(=O)N2C(C(=S)OC(c2ccccc2)c2ccccc2)=C1C1CCOC(C)(C)O1. The molecule has 84 heavy (non-hydrogen) atoms. The van der Waals surface area contributed by atoms with Crippen LogP contribution in [-0.4, -0.2) is 67.6 Å². The van der Waals surface area contributed by atoms with Crippen molar-refractivity contribution in [1.29, 1.82) is 0 Å². The number of thiocarbonyl (C=S) groups is 1. The molecule has 1 aromatic heterocycles. The maximum Gasteiger partial charge on any atom is 0.276 e. The first-order chi connectivity index (χ1) is 41.0. The van der Waals surface area contributed by atoms with E-state index in [4.69, 9.17) is 41.4 Å². The van der Waals surface area contributed by atoms with Gasteiger partial charge in [0.2, 0.25) is 10.7 Å². The lowest BCUT2D eigenvalue weighted by molar-refractivity contribution is -0.265. The normalized spacial score (nSPS) is 18.7. The molecule has 2 N–H and O–H groups in total. The van der Waals surface area contributed by atoms with Crippen LogP contribution in [0.5, 0.6) is 0 Å². The number of hydrogen-bond acceptors (Lipinski definition) is 12. The maximum atomic E-state index is 15.7. The molecule has 420 valence electrons. The second-order valence-corrected chi connectivity index (χ2v) is 23.9. The molecule has 2 saturated heterocycles. The Balaban J connectivity index is 0.951. The predicted molar refractivity (Wildman–Crippen MR) is 336 cm³/mol. The molecule has 4 heterocycles. The Kier molecular flexibility index (Phi) is 16.3. The number of nitrogens with zero attached hydrogens (tertiary/aromatic N) is 3. The highest BCUT2D eigenvalue weighted by atomic mass is 32.2. The van der Waals surface area contributed by atoms with E-state index in [2.05, 4.69) is 54.0 Å². The summed E-state index contributed by atoms with van der Waals surface area (Å²) in [7, 11) is 0. The highest BCUT2D eigenvalue weighted by Gasteiger charge is 2.57. The molecule has 9 aromatic rings. The van der Waals surface area contributed by atoms with Crippen LogP contribution < -0.4 is 10.6 Å². The number of β-lactam (4-membered cyclic amide) rings is 1. The minimum atomic E-state index is -1.36. The molecule has 14 heteroatoms. The molecule has 2 amide bonds. The van der Waals surface area contributed by atoms with Gasteiger partial charge in [-0.3, -0.25) is 14.5 Å². The number of anilines is 1. The Morgan fingerprint density at radius 1 is 0.679 bits per heavy atom. The van der Waals surface area contributed by atoms with Crippen LogP contribution in [0, 0.1) is 0 Å². The number of oxime groups is 1. The number of ether oxygens (including phenoxy) is 3. The van der Waals surface area contributed by atoms with E-state index in [1.807, 2.05) is 220 Å². The van der Waals surface area contributed by atoms with Crippen molar-refractivity contribution in [2.45, 2.75) is 73.0 Å². The van der Waals surface area contributed by atoms with Crippen molar-refractivity contribution in [2.24, 2.45) is 5.16 Å². The van der Waals surface area contributed by atoms with Crippen molar-refractivity contribution in [3.63, 3.8) is 0 Å². The molecule has 3 unspecified atom stereocenters. The quantitative estimate of drug-likeness (QED) is 0.0282. The molecular formula is C70H61N5O6S3. The van der Waals surface area contributed by atoms with Gasteiger partial charge in [0.05, 0.1) is 12.7 Å². The van der Waals surface area contributed by atoms with Crippen molar-refractivity contribution in [3.05, 3.63) is 310 Å². The molecule has 0 radical (unpaired) electrons. The largest absolute Gasteiger partial charge is 0.469 e. The number of aromatic nitrogens is 1. The summed E-state index contributed by atoms with van der Waals surface area (Å²) in [4.78, 5) is 45.1. The Labute approximate surface area is 503 Å². The summed E-state index contributed by atoms with van der Waals surface area (Å²) in [6, 6.07) is 79.0. The zero-order valence-corrected chi connectivity index (χ0v) is 48.9. The summed E-state index contributed by atoms with van der Waals surface area (Å²) in [6.45, 7) is 6.30. The van der Waals surface area contributed by atoms with Gasteiger partial charge >= 0.3 is 0 Å². The molecule has 0 bridgehead atoms. The van der Waals surface area contributed by atoms with Crippen LogP contribution in [0.3, 0.4) is 0 Å². The molecule has 0 spiro atoms. The Bertz CT molecular complexity index is 3570. The molecule has 0 aliphatic carbocycles. The molecular weight excluding hydrogens is 1100 g/mol. The smallest absolute Gasteiger partial charge is 0.276 e. The number of carbonyl (C=O) groups is 2. The Morgan fingerprint density at radius 3 is 1.57 bits per heavy atom. The first kappa shape index (κ1) is 56.0. The zero-order valence-electron chi connectivity index (χ0n) is 46.5. The number of carbonyl (C=O) groups excluding carboxylic acids is 2. The first-order valence-corrected chi connectivity index (χ1v) is 30.3. The Hall–Kier alpha value is -8.50. The van der Waals surface area contributed by atoms with Crippen LogP contribution in [0.15, 0.2) is 264 Å². The van der Waals surface area contributed by atoms with E-state index >= 15 is 9.59 Å². The third kappa shape index (κ3) is 11.0. The molecule has 2 fully saturated rings. The zero-order chi connectivity index (χ0) is 57.7. The van der Waals surface area contributed by atoms with Gasteiger partial charge in [-0.2, -0.15) is 0 Å². The highest BCUT2D eigenvalue weighted by molar-refractivity contribution is 8.00. The number of thioether (sulfide) groups is 1. The number of rotatable bonds is 18. The predicted octanol–water partition coefficient (Wildman–Crippen LogP) is 14.0. The van der Waals surface area contributed by atoms with Crippen molar-refractivity contribution >= 4 is 63.0 Å². The summed E-state index contributed by atoms with van der Waals surface area (Å²) >= 11 is 9.25. The lowest BCUT2D eigenvalue weighted by Crippen LogP contribution is -2.72.